The molecule has 29 heavy (non-hydrogen) atoms. The minimum atomic E-state index is 0.0434. The van der Waals surface area contributed by atoms with Crippen molar-refractivity contribution in [3.63, 3.8) is 0 Å². The zero-order valence-electron chi connectivity index (χ0n) is 17.1. The average Bonchev–Trinajstić information content (AvgIpc) is 3.14. The summed E-state index contributed by atoms with van der Waals surface area (Å²) in [5.74, 6) is 0.834. The van der Waals surface area contributed by atoms with E-state index < -0.39 is 0 Å². The second-order valence-corrected chi connectivity index (χ2v) is 7.80. The Bertz CT molecular complexity index is 975. The monoisotopic (exact) mass is 390 g/mol. The Hall–Kier alpha value is -2.56. The molecular weight excluding hydrogens is 360 g/mol. The van der Waals surface area contributed by atoms with Crippen molar-refractivity contribution in [3.05, 3.63) is 71.4 Å². The Labute approximate surface area is 172 Å². The largest absolute Gasteiger partial charge is 0.497 e. The topological polar surface area (TPSA) is 57.3 Å². The molecule has 1 aliphatic rings. The molecule has 2 heterocycles. The van der Waals surface area contributed by atoms with Crippen LogP contribution in [0.2, 0.25) is 0 Å². The Morgan fingerprint density at radius 3 is 2.76 bits per heavy atom. The van der Waals surface area contributed by atoms with Crippen LogP contribution >= 0.6 is 0 Å². The smallest absolute Gasteiger partial charge is 0.120 e. The van der Waals surface area contributed by atoms with Crippen LogP contribution in [0.5, 0.6) is 5.75 Å². The second kappa shape index (κ2) is 9.29. The third-order valence-corrected chi connectivity index (χ3v) is 5.96. The van der Waals surface area contributed by atoms with Gasteiger partial charge in [0, 0.05) is 35.2 Å². The summed E-state index contributed by atoms with van der Waals surface area (Å²) in [6.45, 7) is 0.996. The maximum absolute atomic E-state index is 9.77. The number of rotatable bonds is 8. The fraction of sp³-hybridized carbons (Fsp3) is 0.360. The van der Waals surface area contributed by atoms with Gasteiger partial charge in [-0.15, -0.1) is 0 Å². The maximum atomic E-state index is 9.77. The van der Waals surface area contributed by atoms with Crippen LogP contribution < -0.4 is 10.1 Å². The number of ether oxygens (including phenoxy) is 1. The van der Waals surface area contributed by atoms with Crippen molar-refractivity contribution in [2.24, 2.45) is 0 Å². The number of aryl methyl sites for hydroxylation is 1. The first kappa shape index (κ1) is 19.7. The van der Waals surface area contributed by atoms with Gasteiger partial charge in [0.2, 0.25) is 0 Å². The molecule has 0 bridgehead atoms. The van der Waals surface area contributed by atoms with Gasteiger partial charge in [0.1, 0.15) is 5.75 Å². The highest BCUT2D eigenvalue weighted by Gasteiger charge is 2.16. The Morgan fingerprint density at radius 2 is 1.97 bits per heavy atom. The summed E-state index contributed by atoms with van der Waals surface area (Å²) in [5, 5.41) is 14.6. The Kier molecular flexibility index (Phi) is 6.33. The molecule has 3 N–H and O–H groups in total. The molecule has 2 aromatic carbocycles. The summed E-state index contributed by atoms with van der Waals surface area (Å²) in [5.41, 5.74) is 6.02. The molecule has 152 valence electrons. The predicted molar refractivity (Wildman–Crippen MR) is 119 cm³/mol. The standard InChI is InChI=1S/C25H30N2O2/c1-29-21-11-12-23-22(25(17-28)27-24(23)16-21)10-6-5-9-20-15-19(13-14-26-20)18-7-3-2-4-8-18/h2-4,7-8,11-13,16,20,26-28H,5-6,9-10,14-15,17H2,1H3. The van der Waals surface area contributed by atoms with Gasteiger partial charge in [0.25, 0.3) is 0 Å². The third kappa shape index (κ3) is 4.55. The van der Waals surface area contributed by atoms with Crippen LogP contribution in [0.4, 0.5) is 0 Å². The molecule has 1 aromatic heterocycles. The Morgan fingerprint density at radius 1 is 1.10 bits per heavy atom. The van der Waals surface area contributed by atoms with Crippen molar-refractivity contribution in [3.8, 4) is 5.75 Å². The summed E-state index contributed by atoms with van der Waals surface area (Å²) in [7, 11) is 1.68. The van der Waals surface area contributed by atoms with Gasteiger partial charge in [-0.1, -0.05) is 42.8 Å². The van der Waals surface area contributed by atoms with Crippen molar-refractivity contribution in [1.82, 2.24) is 10.3 Å². The molecule has 0 saturated heterocycles. The van der Waals surface area contributed by atoms with Gasteiger partial charge in [-0.2, -0.15) is 0 Å². The van der Waals surface area contributed by atoms with Crippen LogP contribution in [0.25, 0.3) is 16.5 Å². The lowest BCUT2D eigenvalue weighted by molar-refractivity contribution is 0.276. The van der Waals surface area contributed by atoms with E-state index in [2.05, 4.69) is 52.8 Å². The van der Waals surface area contributed by atoms with E-state index in [9.17, 15) is 5.11 Å². The van der Waals surface area contributed by atoms with Gasteiger partial charge in [0.15, 0.2) is 0 Å². The molecule has 0 saturated carbocycles. The van der Waals surface area contributed by atoms with E-state index in [1.165, 1.54) is 34.9 Å². The predicted octanol–water partition coefficient (Wildman–Crippen LogP) is 4.83. The van der Waals surface area contributed by atoms with E-state index in [1.54, 1.807) is 7.11 Å². The highest BCUT2D eigenvalue weighted by Crippen LogP contribution is 2.29. The van der Waals surface area contributed by atoms with Crippen molar-refractivity contribution in [2.75, 3.05) is 13.7 Å². The lowest BCUT2D eigenvalue weighted by Crippen LogP contribution is -2.32. The van der Waals surface area contributed by atoms with Gasteiger partial charge in [-0.05, 0) is 54.5 Å². The minimum Gasteiger partial charge on any atom is -0.497 e. The average molecular weight is 391 g/mol. The number of nitrogens with one attached hydrogen (secondary N) is 2. The summed E-state index contributed by atoms with van der Waals surface area (Å²) in [6, 6.07) is 17.3. The number of aliphatic hydroxyl groups is 1. The molecule has 4 heteroatoms. The van der Waals surface area contributed by atoms with E-state index in [0.717, 1.165) is 42.8 Å². The zero-order chi connectivity index (χ0) is 20.1. The van der Waals surface area contributed by atoms with E-state index >= 15 is 0 Å². The molecule has 1 unspecified atom stereocenters. The third-order valence-electron chi connectivity index (χ3n) is 5.96. The van der Waals surface area contributed by atoms with E-state index in [0.29, 0.717) is 6.04 Å². The number of aromatic nitrogens is 1. The number of H-pyrrole nitrogens is 1. The molecule has 3 aromatic rings. The molecule has 4 nitrogen and oxygen atoms in total. The summed E-state index contributed by atoms with van der Waals surface area (Å²) in [4.78, 5) is 3.35. The first-order valence-corrected chi connectivity index (χ1v) is 10.5. The number of unbranched alkanes of at least 4 members (excludes halogenated alkanes) is 1. The number of hydrogen-bond donors (Lipinski definition) is 3. The second-order valence-electron chi connectivity index (χ2n) is 7.80. The molecule has 0 spiro atoms. The molecular formula is C25H30N2O2. The van der Waals surface area contributed by atoms with Gasteiger partial charge in [-0.3, -0.25) is 0 Å². The molecule has 0 aliphatic carbocycles. The number of aliphatic hydroxyl groups excluding tert-OH is 1. The van der Waals surface area contributed by atoms with Gasteiger partial charge in [0.05, 0.1) is 13.7 Å². The van der Waals surface area contributed by atoms with Gasteiger partial charge >= 0.3 is 0 Å². The summed E-state index contributed by atoms with van der Waals surface area (Å²) in [6.07, 6.45) is 7.87. The van der Waals surface area contributed by atoms with Crippen LogP contribution in [0.1, 0.15) is 42.5 Å². The first-order chi connectivity index (χ1) is 14.3. The number of fused-ring (bicyclic) bond motifs is 1. The molecule has 0 fully saturated rings. The molecule has 0 amide bonds. The van der Waals surface area contributed by atoms with Gasteiger partial charge in [-0.25, -0.2) is 0 Å². The maximum Gasteiger partial charge on any atom is 0.120 e. The lowest BCUT2D eigenvalue weighted by Gasteiger charge is -2.24. The van der Waals surface area contributed by atoms with Crippen LogP contribution in [0, 0.1) is 0 Å². The van der Waals surface area contributed by atoms with E-state index in [-0.39, 0.29) is 6.61 Å². The fourth-order valence-electron chi connectivity index (χ4n) is 4.39. The van der Waals surface area contributed by atoms with Crippen molar-refractivity contribution in [1.29, 1.82) is 0 Å². The van der Waals surface area contributed by atoms with Crippen LogP contribution in [0.15, 0.2) is 54.6 Å². The fourth-order valence-corrected chi connectivity index (χ4v) is 4.39. The van der Waals surface area contributed by atoms with Crippen LogP contribution in [-0.4, -0.2) is 29.8 Å². The number of aromatic amines is 1. The molecule has 0 radical (unpaired) electrons. The van der Waals surface area contributed by atoms with Crippen molar-refractivity contribution in [2.45, 2.75) is 44.8 Å². The van der Waals surface area contributed by atoms with Crippen LogP contribution in [-0.2, 0) is 13.0 Å². The minimum absolute atomic E-state index is 0.0434. The Balaban J connectivity index is 1.33. The highest BCUT2D eigenvalue weighted by molar-refractivity contribution is 5.86. The summed E-state index contributed by atoms with van der Waals surface area (Å²) < 4.78 is 5.32. The highest BCUT2D eigenvalue weighted by atomic mass is 16.5. The lowest BCUT2D eigenvalue weighted by atomic mass is 9.92. The van der Waals surface area contributed by atoms with E-state index in [1.807, 2.05) is 12.1 Å². The van der Waals surface area contributed by atoms with Crippen molar-refractivity contribution < 1.29 is 9.84 Å². The quantitative estimate of drug-likeness (QED) is 0.483. The summed E-state index contributed by atoms with van der Waals surface area (Å²) >= 11 is 0. The van der Waals surface area contributed by atoms with E-state index in [4.69, 9.17) is 4.74 Å². The number of benzene rings is 2. The number of methoxy groups -OCH3 is 1. The number of hydrogen-bond acceptors (Lipinski definition) is 3. The van der Waals surface area contributed by atoms with Crippen LogP contribution in [0.3, 0.4) is 0 Å². The van der Waals surface area contributed by atoms with Crippen molar-refractivity contribution >= 4 is 16.5 Å². The SMILES string of the molecule is COc1ccc2c(CCCCC3CC(c4ccccc4)=CCN3)c(CO)[nH]c2c1. The molecule has 1 atom stereocenters. The van der Waals surface area contributed by atoms with Gasteiger partial charge < -0.3 is 20.1 Å². The normalized spacial score (nSPS) is 16.8. The zero-order valence-corrected chi connectivity index (χ0v) is 17.1. The molecule has 1 aliphatic heterocycles. The molecule has 4 rings (SSSR count). The first-order valence-electron chi connectivity index (χ1n) is 10.5.